The van der Waals surface area contributed by atoms with Gasteiger partial charge in [0.1, 0.15) is 0 Å². The van der Waals surface area contributed by atoms with Crippen molar-refractivity contribution in [2.24, 2.45) is 0 Å². The van der Waals surface area contributed by atoms with Gasteiger partial charge in [-0.3, -0.25) is 9.78 Å². The van der Waals surface area contributed by atoms with Crippen LogP contribution in [-0.4, -0.2) is 47.4 Å². The normalized spacial score (nSPS) is 13.5. The number of carbonyl (C=O) groups is 1. The largest absolute Gasteiger partial charge is 0.334 e. The molecule has 1 amide bonds. The molecular weight excluding hydrogens is 322 g/mol. The van der Waals surface area contributed by atoms with E-state index >= 15 is 0 Å². The monoisotopic (exact) mass is 351 g/mol. The average Bonchev–Trinajstić information content (AvgIpc) is 2.92. The summed E-state index contributed by atoms with van der Waals surface area (Å²) in [4.78, 5) is 21.1. The lowest BCUT2D eigenvalue weighted by molar-refractivity contribution is 0.0772. The van der Waals surface area contributed by atoms with Gasteiger partial charge in [0.2, 0.25) is 0 Å². The van der Waals surface area contributed by atoms with E-state index in [1.807, 2.05) is 23.4 Å². The summed E-state index contributed by atoms with van der Waals surface area (Å²) in [5, 5.41) is 0. The minimum atomic E-state index is 0.197. The third kappa shape index (κ3) is 4.50. The Balaban J connectivity index is 1.39. The van der Waals surface area contributed by atoms with Crippen LogP contribution in [0.25, 0.3) is 0 Å². The quantitative estimate of drug-likeness (QED) is 0.729. The van der Waals surface area contributed by atoms with Crippen molar-refractivity contribution in [1.29, 1.82) is 0 Å². The van der Waals surface area contributed by atoms with E-state index in [0.717, 1.165) is 51.0 Å². The van der Waals surface area contributed by atoms with E-state index in [2.05, 4.69) is 49.0 Å². The number of carbonyl (C=O) groups excluding carboxylic acids is 1. The Kier molecular flexibility index (Phi) is 6.04. The fourth-order valence-corrected chi connectivity index (χ4v) is 3.58. The zero-order valence-corrected chi connectivity index (χ0v) is 16.2. The molecule has 0 aliphatic carbocycles. The van der Waals surface area contributed by atoms with E-state index in [1.54, 1.807) is 0 Å². The Morgan fingerprint density at radius 3 is 2.69 bits per heavy atom. The third-order valence-corrected chi connectivity index (χ3v) is 5.29. The molecule has 4 nitrogen and oxygen atoms in total. The lowest BCUT2D eigenvalue weighted by Gasteiger charge is -2.20. The highest BCUT2D eigenvalue weighted by molar-refractivity contribution is 5.98. The van der Waals surface area contributed by atoms with Gasteiger partial charge in [0, 0.05) is 31.0 Å². The van der Waals surface area contributed by atoms with Crippen molar-refractivity contribution in [3.05, 3.63) is 64.5 Å². The standard InChI is InChI=1S/C22H29N3O/c1-17-13-20-16-25(22(26)21(20)14-18(17)2)12-6-11-24(3)10-5-8-19-7-4-9-23-15-19/h4,7,9,13-15H,5-6,8,10-12,16H2,1-3H3. The van der Waals surface area contributed by atoms with Gasteiger partial charge in [-0.2, -0.15) is 0 Å². The molecule has 1 aliphatic rings. The number of hydrogen-bond acceptors (Lipinski definition) is 3. The second-order valence-electron chi connectivity index (χ2n) is 7.44. The van der Waals surface area contributed by atoms with Crippen LogP contribution in [0.2, 0.25) is 0 Å². The molecule has 0 spiro atoms. The molecule has 1 aromatic carbocycles. The topological polar surface area (TPSA) is 36.4 Å². The van der Waals surface area contributed by atoms with Crippen LogP contribution in [0.4, 0.5) is 0 Å². The van der Waals surface area contributed by atoms with Gasteiger partial charge in [0.15, 0.2) is 0 Å². The van der Waals surface area contributed by atoms with E-state index in [0.29, 0.717) is 0 Å². The first-order chi connectivity index (χ1) is 12.5. The molecule has 2 aromatic rings. The average molecular weight is 351 g/mol. The molecule has 4 heteroatoms. The number of hydrogen-bond donors (Lipinski definition) is 0. The number of amides is 1. The summed E-state index contributed by atoms with van der Waals surface area (Å²) in [6.45, 7) is 7.88. The molecule has 0 N–H and O–H groups in total. The highest BCUT2D eigenvalue weighted by Gasteiger charge is 2.27. The van der Waals surface area contributed by atoms with E-state index in [4.69, 9.17) is 0 Å². The molecule has 0 saturated carbocycles. The Labute approximate surface area is 156 Å². The maximum absolute atomic E-state index is 12.6. The SMILES string of the molecule is Cc1cc2c(cc1C)C(=O)N(CCCN(C)CCCc1cccnc1)C2. The van der Waals surface area contributed by atoms with E-state index in [1.165, 1.54) is 22.3 Å². The summed E-state index contributed by atoms with van der Waals surface area (Å²) in [5.41, 5.74) is 5.85. The molecule has 1 aliphatic heterocycles. The first-order valence-electron chi connectivity index (χ1n) is 9.51. The molecule has 0 fully saturated rings. The fraction of sp³-hybridized carbons (Fsp3) is 0.455. The second-order valence-corrected chi connectivity index (χ2v) is 7.44. The van der Waals surface area contributed by atoms with Crippen LogP contribution in [0.5, 0.6) is 0 Å². The minimum Gasteiger partial charge on any atom is -0.334 e. The zero-order valence-electron chi connectivity index (χ0n) is 16.2. The van der Waals surface area contributed by atoms with Crippen LogP contribution >= 0.6 is 0 Å². The molecule has 2 heterocycles. The summed E-state index contributed by atoms with van der Waals surface area (Å²) in [7, 11) is 2.16. The van der Waals surface area contributed by atoms with Gasteiger partial charge in [-0.25, -0.2) is 0 Å². The van der Waals surface area contributed by atoms with Crippen LogP contribution in [0.3, 0.4) is 0 Å². The van der Waals surface area contributed by atoms with Crippen molar-refractivity contribution in [2.75, 3.05) is 26.7 Å². The van der Waals surface area contributed by atoms with Crippen LogP contribution < -0.4 is 0 Å². The van der Waals surface area contributed by atoms with Gasteiger partial charge in [0.05, 0.1) is 0 Å². The van der Waals surface area contributed by atoms with Crippen molar-refractivity contribution in [3.63, 3.8) is 0 Å². The van der Waals surface area contributed by atoms with Crippen molar-refractivity contribution in [1.82, 2.24) is 14.8 Å². The molecule has 0 saturated heterocycles. The molecule has 0 atom stereocenters. The van der Waals surface area contributed by atoms with Crippen molar-refractivity contribution >= 4 is 5.91 Å². The van der Waals surface area contributed by atoms with E-state index in [-0.39, 0.29) is 5.91 Å². The summed E-state index contributed by atoms with van der Waals surface area (Å²) in [6.07, 6.45) is 6.98. The van der Waals surface area contributed by atoms with E-state index in [9.17, 15) is 4.79 Å². The van der Waals surface area contributed by atoms with Gasteiger partial charge in [-0.15, -0.1) is 0 Å². The Morgan fingerprint density at radius 1 is 1.15 bits per heavy atom. The number of fused-ring (bicyclic) bond motifs is 1. The predicted molar refractivity (Wildman–Crippen MR) is 105 cm³/mol. The zero-order chi connectivity index (χ0) is 18.5. The summed E-state index contributed by atoms with van der Waals surface area (Å²) in [5.74, 6) is 0.197. The Morgan fingerprint density at radius 2 is 1.92 bits per heavy atom. The second kappa shape index (κ2) is 8.45. The third-order valence-electron chi connectivity index (χ3n) is 5.29. The van der Waals surface area contributed by atoms with Crippen molar-refractivity contribution in [2.45, 2.75) is 39.7 Å². The number of benzene rings is 1. The van der Waals surface area contributed by atoms with Gasteiger partial charge >= 0.3 is 0 Å². The van der Waals surface area contributed by atoms with Crippen molar-refractivity contribution in [3.8, 4) is 0 Å². The molecule has 138 valence electrons. The van der Waals surface area contributed by atoms with Crippen LogP contribution in [0, 0.1) is 13.8 Å². The maximum atomic E-state index is 12.6. The lowest BCUT2D eigenvalue weighted by atomic mass is 10.0. The minimum absolute atomic E-state index is 0.197. The van der Waals surface area contributed by atoms with Crippen LogP contribution in [0.1, 0.15) is 45.5 Å². The molecule has 26 heavy (non-hydrogen) atoms. The highest BCUT2D eigenvalue weighted by Crippen LogP contribution is 2.25. The molecule has 0 unspecified atom stereocenters. The number of pyridine rings is 1. The van der Waals surface area contributed by atoms with E-state index < -0.39 is 0 Å². The van der Waals surface area contributed by atoms with Gasteiger partial charge < -0.3 is 9.80 Å². The first-order valence-corrected chi connectivity index (χ1v) is 9.51. The van der Waals surface area contributed by atoms with Crippen LogP contribution in [-0.2, 0) is 13.0 Å². The lowest BCUT2D eigenvalue weighted by Crippen LogP contribution is -2.29. The summed E-state index contributed by atoms with van der Waals surface area (Å²) < 4.78 is 0. The fourth-order valence-electron chi connectivity index (χ4n) is 3.58. The van der Waals surface area contributed by atoms with Gasteiger partial charge in [-0.1, -0.05) is 12.1 Å². The maximum Gasteiger partial charge on any atom is 0.254 e. The smallest absolute Gasteiger partial charge is 0.254 e. The van der Waals surface area contributed by atoms with Crippen molar-refractivity contribution < 1.29 is 4.79 Å². The number of aryl methyl sites for hydroxylation is 3. The molecule has 3 rings (SSSR count). The van der Waals surface area contributed by atoms with Gasteiger partial charge in [-0.05, 0) is 87.6 Å². The predicted octanol–water partition coefficient (Wildman–Crippen LogP) is 3.61. The molecular formula is C22H29N3O. The highest BCUT2D eigenvalue weighted by atomic mass is 16.2. The number of rotatable bonds is 8. The Hall–Kier alpha value is -2.20. The summed E-state index contributed by atoms with van der Waals surface area (Å²) in [6, 6.07) is 8.35. The first kappa shape index (κ1) is 18.6. The molecule has 0 bridgehead atoms. The number of nitrogens with zero attached hydrogens (tertiary/aromatic N) is 3. The molecule has 1 aromatic heterocycles. The van der Waals surface area contributed by atoms with Crippen LogP contribution in [0.15, 0.2) is 36.7 Å². The number of aromatic nitrogens is 1. The summed E-state index contributed by atoms with van der Waals surface area (Å²) >= 11 is 0. The van der Waals surface area contributed by atoms with Gasteiger partial charge in [0.25, 0.3) is 5.91 Å². The molecule has 0 radical (unpaired) electrons. The Bertz CT molecular complexity index is 757.